The highest BCUT2D eigenvalue weighted by atomic mass is 32.2. The number of carbonyl (C=O) groups excluding carboxylic acids is 1. The summed E-state index contributed by atoms with van der Waals surface area (Å²) in [6, 6.07) is 16.6. The Hall–Kier alpha value is -3.03. The molecule has 1 N–H and O–H groups in total. The van der Waals surface area contributed by atoms with Crippen LogP contribution in [0.4, 0.5) is 5.69 Å². The van der Waals surface area contributed by atoms with Gasteiger partial charge in [-0.15, -0.1) is 0 Å². The van der Waals surface area contributed by atoms with Gasteiger partial charge in [-0.1, -0.05) is 37.3 Å². The van der Waals surface area contributed by atoms with Gasteiger partial charge in [-0.2, -0.15) is 4.31 Å². The third-order valence-electron chi connectivity index (χ3n) is 5.48. The van der Waals surface area contributed by atoms with Crippen LogP contribution in [0.5, 0.6) is 0 Å². The molecule has 1 aromatic heterocycles. The number of aryl methyl sites for hydroxylation is 2. The first kappa shape index (κ1) is 21.2. The molecule has 0 bridgehead atoms. The average molecular weight is 436 g/mol. The van der Waals surface area contributed by atoms with Crippen LogP contribution < -0.4 is 5.32 Å². The molecule has 0 saturated heterocycles. The number of sulfonamides is 1. The molecule has 0 radical (unpaired) electrons. The summed E-state index contributed by atoms with van der Waals surface area (Å²) in [6.45, 7) is 2.57. The first-order valence-electron chi connectivity index (χ1n) is 10.4. The molecule has 1 aliphatic rings. The van der Waals surface area contributed by atoms with Crippen molar-refractivity contribution in [3.8, 4) is 0 Å². The Kier molecular flexibility index (Phi) is 6.15. The molecule has 0 aliphatic carbocycles. The summed E-state index contributed by atoms with van der Waals surface area (Å²) in [4.78, 5) is 16.0. The lowest BCUT2D eigenvalue weighted by atomic mass is 10.0. The van der Waals surface area contributed by atoms with Crippen LogP contribution in [0.2, 0.25) is 0 Å². The van der Waals surface area contributed by atoms with Crippen LogP contribution in [0.1, 0.15) is 35.6 Å². The number of carbonyl (C=O) groups is 1. The fourth-order valence-electron chi connectivity index (χ4n) is 3.67. The number of hydrogen-bond donors (Lipinski definition) is 1. The number of benzene rings is 2. The van der Waals surface area contributed by atoms with E-state index in [2.05, 4.69) is 17.2 Å². The molecule has 2 heterocycles. The van der Waals surface area contributed by atoms with E-state index in [1.807, 2.05) is 30.3 Å². The Morgan fingerprint density at radius 2 is 1.71 bits per heavy atom. The monoisotopic (exact) mass is 435 g/mol. The highest BCUT2D eigenvalue weighted by Gasteiger charge is 2.27. The van der Waals surface area contributed by atoms with Gasteiger partial charge >= 0.3 is 0 Å². The highest BCUT2D eigenvalue weighted by Crippen LogP contribution is 2.28. The van der Waals surface area contributed by atoms with Crippen molar-refractivity contribution in [2.24, 2.45) is 0 Å². The average Bonchev–Trinajstić information content (AvgIpc) is 2.79. The minimum absolute atomic E-state index is 0.0446. The first-order chi connectivity index (χ1) is 15.0. The predicted molar refractivity (Wildman–Crippen MR) is 120 cm³/mol. The van der Waals surface area contributed by atoms with Gasteiger partial charge in [-0.05, 0) is 59.4 Å². The Labute approximate surface area is 183 Å². The van der Waals surface area contributed by atoms with Gasteiger partial charge in [0.15, 0.2) is 0 Å². The molecule has 7 heteroatoms. The number of nitrogens with zero attached hydrogens (tertiary/aromatic N) is 2. The van der Waals surface area contributed by atoms with Crippen molar-refractivity contribution in [1.82, 2.24) is 9.29 Å². The van der Waals surface area contributed by atoms with Crippen molar-refractivity contribution in [1.29, 1.82) is 0 Å². The van der Waals surface area contributed by atoms with E-state index in [4.69, 9.17) is 0 Å². The Morgan fingerprint density at radius 1 is 0.968 bits per heavy atom. The second-order valence-electron chi connectivity index (χ2n) is 7.67. The van der Waals surface area contributed by atoms with Crippen LogP contribution in [0.3, 0.4) is 0 Å². The molecule has 0 unspecified atom stereocenters. The summed E-state index contributed by atoms with van der Waals surface area (Å²) in [5.74, 6) is -0.0446. The smallest absolute Gasteiger partial charge is 0.243 e. The maximum Gasteiger partial charge on any atom is 0.243 e. The van der Waals surface area contributed by atoms with E-state index < -0.39 is 10.0 Å². The van der Waals surface area contributed by atoms with Crippen molar-refractivity contribution >= 4 is 21.6 Å². The van der Waals surface area contributed by atoms with Crippen LogP contribution in [0.25, 0.3) is 0 Å². The number of aromatic nitrogens is 1. The van der Waals surface area contributed by atoms with Crippen molar-refractivity contribution in [3.63, 3.8) is 0 Å². The van der Waals surface area contributed by atoms with Crippen LogP contribution in [0, 0.1) is 0 Å². The van der Waals surface area contributed by atoms with E-state index in [9.17, 15) is 13.2 Å². The maximum absolute atomic E-state index is 13.6. The zero-order valence-corrected chi connectivity index (χ0v) is 18.2. The minimum Gasteiger partial charge on any atom is -0.326 e. The lowest BCUT2D eigenvalue weighted by Gasteiger charge is -2.24. The second-order valence-corrected chi connectivity index (χ2v) is 9.61. The largest absolute Gasteiger partial charge is 0.326 e. The highest BCUT2D eigenvalue weighted by molar-refractivity contribution is 7.89. The van der Waals surface area contributed by atoms with E-state index in [1.165, 1.54) is 9.87 Å². The molecule has 160 valence electrons. The summed E-state index contributed by atoms with van der Waals surface area (Å²) < 4.78 is 28.7. The van der Waals surface area contributed by atoms with Crippen LogP contribution >= 0.6 is 0 Å². The third kappa shape index (κ3) is 4.84. The molecular formula is C24H25N3O3S. The standard InChI is InChI=1S/C24H25N3O3S/c1-2-18-5-7-19(8-6-18)16-27(17-20-4-3-13-25-15-20)31(29,30)22-10-11-23-21(14-22)9-12-24(28)26-23/h3-8,10-11,13-15H,2,9,12,16-17H2,1H3,(H,26,28). The number of amides is 1. The van der Waals surface area contributed by atoms with Gasteiger partial charge in [-0.25, -0.2) is 8.42 Å². The van der Waals surface area contributed by atoms with E-state index in [-0.39, 0.29) is 23.9 Å². The Bertz CT molecular complexity index is 1180. The quantitative estimate of drug-likeness (QED) is 0.610. The van der Waals surface area contributed by atoms with Gasteiger partial charge in [0.05, 0.1) is 4.90 Å². The first-order valence-corrected chi connectivity index (χ1v) is 11.8. The Morgan fingerprint density at radius 3 is 2.42 bits per heavy atom. The van der Waals surface area contributed by atoms with E-state index in [0.29, 0.717) is 18.5 Å². The summed E-state index contributed by atoms with van der Waals surface area (Å²) in [6.07, 6.45) is 5.18. The zero-order valence-electron chi connectivity index (χ0n) is 17.4. The molecule has 1 amide bonds. The normalized spacial score (nSPS) is 13.7. The van der Waals surface area contributed by atoms with Gasteiger partial charge in [-0.3, -0.25) is 9.78 Å². The minimum atomic E-state index is -3.77. The number of rotatable bonds is 7. The molecule has 4 rings (SSSR count). The maximum atomic E-state index is 13.6. The van der Waals surface area contributed by atoms with Crippen molar-refractivity contribution in [2.75, 3.05) is 5.32 Å². The summed E-state index contributed by atoms with van der Waals surface area (Å²) in [5.41, 5.74) is 4.48. The molecule has 0 atom stereocenters. The molecule has 31 heavy (non-hydrogen) atoms. The second kappa shape index (κ2) is 8.99. The molecule has 0 spiro atoms. The third-order valence-corrected chi connectivity index (χ3v) is 7.27. The van der Waals surface area contributed by atoms with E-state index >= 15 is 0 Å². The molecular weight excluding hydrogens is 410 g/mol. The fourth-order valence-corrected chi connectivity index (χ4v) is 5.14. The van der Waals surface area contributed by atoms with Gasteiger partial charge in [0, 0.05) is 37.6 Å². The van der Waals surface area contributed by atoms with Crippen LogP contribution in [0.15, 0.2) is 71.9 Å². The zero-order chi connectivity index (χ0) is 21.8. The summed E-state index contributed by atoms with van der Waals surface area (Å²) >= 11 is 0. The molecule has 1 aliphatic heterocycles. The summed E-state index contributed by atoms with van der Waals surface area (Å²) in [7, 11) is -3.77. The summed E-state index contributed by atoms with van der Waals surface area (Å²) in [5, 5.41) is 2.80. The van der Waals surface area contributed by atoms with Gasteiger partial charge < -0.3 is 5.32 Å². The lowest BCUT2D eigenvalue weighted by molar-refractivity contribution is -0.116. The lowest BCUT2D eigenvalue weighted by Crippen LogP contribution is -2.30. The van der Waals surface area contributed by atoms with Crippen molar-refractivity contribution in [3.05, 3.63) is 89.2 Å². The topological polar surface area (TPSA) is 79.4 Å². The Balaban J connectivity index is 1.68. The van der Waals surface area contributed by atoms with Crippen molar-refractivity contribution < 1.29 is 13.2 Å². The predicted octanol–water partition coefficient (Wildman–Crippen LogP) is 3.92. The van der Waals surface area contributed by atoms with Crippen LogP contribution in [-0.4, -0.2) is 23.6 Å². The number of anilines is 1. The molecule has 0 fully saturated rings. The molecule has 0 saturated carbocycles. The van der Waals surface area contributed by atoms with Gasteiger partial charge in [0.25, 0.3) is 0 Å². The molecule has 3 aromatic rings. The van der Waals surface area contributed by atoms with Crippen LogP contribution in [-0.2, 0) is 40.7 Å². The van der Waals surface area contributed by atoms with Gasteiger partial charge in [0.1, 0.15) is 0 Å². The molecule has 6 nitrogen and oxygen atoms in total. The number of nitrogens with one attached hydrogen (secondary N) is 1. The van der Waals surface area contributed by atoms with E-state index in [1.54, 1.807) is 36.7 Å². The number of pyridine rings is 1. The fraction of sp³-hybridized carbons (Fsp3) is 0.250. The van der Waals surface area contributed by atoms with Crippen molar-refractivity contribution in [2.45, 2.75) is 44.2 Å². The SMILES string of the molecule is CCc1ccc(CN(Cc2cccnc2)S(=O)(=O)c2ccc3c(c2)CCC(=O)N3)cc1. The molecule has 2 aromatic carbocycles. The van der Waals surface area contributed by atoms with E-state index in [0.717, 1.165) is 23.1 Å². The number of fused-ring (bicyclic) bond motifs is 1. The van der Waals surface area contributed by atoms with Gasteiger partial charge in [0.2, 0.25) is 15.9 Å². The number of hydrogen-bond acceptors (Lipinski definition) is 4.